The fraction of sp³-hybridized carbons (Fsp3) is 0.308. The molecule has 0 spiro atoms. The number of carboxylic acid groups (broad SMARTS) is 1. The van der Waals surface area contributed by atoms with E-state index in [1.54, 1.807) is 0 Å². The Hall–Kier alpha value is -3.17. The molecule has 0 aliphatic carbocycles. The van der Waals surface area contributed by atoms with Crippen molar-refractivity contribution in [2.24, 2.45) is 0 Å². The third-order valence-corrected chi connectivity index (χ3v) is 3.22. The molecule has 2 amide bonds. The first kappa shape index (κ1) is 16.2. The number of carboxylic acids is 1. The number of fused-ring (bicyclic) bond motifs is 1. The molecule has 2 rings (SSSR count). The molecule has 0 fully saturated rings. The van der Waals surface area contributed by atoms with Crippen molar-refractivity contribution in [3.8, 4) is 0 Å². The zero-order valence-corrected chi connectivity index (χ0v) is 12.1. The molecule has 0 aromatic heterocycles. The zero-order chi connectivity index (χ0) is 17.1. The highest BCUT2D eigenvalue weighted by molar-refractivity contribution is 6.05. The highest BCUT2D eigenvalue weighted by atomic mass is 16.6. The van der Waals surface area contributed by atoms with Crippen LogP contribution < -0.4 is 16.0 Å². The van der Waals surface area contributed by atoms with Gasteiger partial charge >= 0.3 is 5.97 Å². The van der Waals surface area contributed by atoms with Crippen molar-refractivity contribution >= 4 is 34.8 Å². The van der Waals surface area contributed by atoms with E-state index < -0.39 is 29.3 Å². The van der Waals surface area contributed by atoms with Gasteiger partial charge in [0, 0.05) is 31.2 Å². The third kappa shape index (κ3) is 3.73. The van der Waals surface area contributed by atoms with E-state index in [9.17, 15) is 24.5 Å². The second-order valence-corrected chi connectivity index (χ2v) is 4.98. The van der Waals surface area contributed by atoms with Crippen LogP contribution in [-0.4, -0.2) is 33.9 Å². The van der Waals surface area contributed by atoms with Gasteiger partial charge in [0.15, 0.2) is 0 Å². The highest BCUT2D eigenvalue weighted by Gasteiger charge is 2.30. The zero-order valence-electron chi connectivity index (χ0n) is 12.1. The summed E-state index contributed by atoms with van der Waals surface area (Å²) in [6.45, 7) is 1.30. The number of carbonyl (C=O) groups excluding carboxylic acids is 2. The van der Waals surface area contributed by atoms with E-state index in [4.69, 9.17) is 5.11 Å². The number of nitro benzene ring substituents is 1. The minimum absolute atomic E-state index is 0.00199. The molecule has 0 bridgehead atoms. The Morgan fingerprint density at radius 1 is 1.43 bits per heavy atom. The lowest BCUT2D eigenvalue weighted by atomic mass is 10.0. The summed E-state index contributed by atoms with van der Waals surface area (Å²) in [6.07, 6.45) is -0.443. The van der Waals surface area contributed by atoms with Crippen LogP contribution in [0.2, 0.25) is 0 Å². The number of aliphatic carboxylic acids is 1. The Bertz CT molecular complexity index is 702. The molecule has 122 valence electrons. The van der Waals surface area contributed by atoms with E-state index >= 15 is 0 Å². The van der Waals surface area contributed by atoms with Crippen LogP contribution in [0.3, 0.4) is 0 Å². The summed E-state index contributed by atoms with van der Waals surface area (Å²) in [5.41, 5.74) is 0.657. The van der Waals surface area contributed by atoms with Gasteiger partial charge in [0.1, 0.15) is 6.04 Å². The maximum atomic E-state index is 11.9. The van der Waals surface area contributed by atoms with Gasteiger partial charge in [-0.1, -0.05) is 0 Å². The van der Waals surface area contributed by atoms with E-state index in [-0.39, 0.29) is 23.8 Å². The molecule has 0 saturated carbocycles. The number of rotatable bonds is 5. The molecular formula is C13H14N4O6. The number of hydrogen-bond donors (Lipinski definition) is 4. The molecule has 1 aliphatic rings. The molecule has 23 heavy (non-hydrogen) atoms. The lowest BCUT2D eigenvalue weighted by Gasteiger charge is -2.27. The van der Waals surface area contributed by atoms with Gasteiger partial charge in [-0.05, 0) is 0 Å². The molecule has 1 unspecified atom stereocenters. The van der Waals surface area contributed by atoms with Crippen molar-refractivity contribution in [3.63, 3.8) is 0 Å². The standard InChI is InChI=1S/C13H14N4O6/c1-6(18)14-5-7-2-8(17(22)23)3-9-12(7)15-10(4-11(19)20)13(21)16-9/h2-3,10,15H,4-5H2,1H3,(H,14,18)(H,16,21)(H,19,20). The quantitative estimate of drug-likeness (QED) is 0.453. The number of nitrogens with zero attached hydrogens (tertiary/aromatic N) is 1. The largest absolute Gasteiger partial charge is 0.481 e. The fourth-order valence-corrected chi connectivity index (χ4v) is 2.20. The van der Waals surface area contributed by atoms with Gasteiger partial charge in [0.25, 0.3) is 5.69 Å². The molecule has 1 aromatic carbocycles. The van der Waals surface area contributed by atoms with E-state index in [0.29, 0.717) is 11.3 Å². The summed E-state index contributed by atoms with van der Waals surface area (Å²) in [5.74, 6) is -2.08. The van der Waals surface area contributed by atoms with Crippen LogP contribution in [0, 0.1) is 10.1 Å². The van der Waals surface area contributed by atoms with Gasteiger partial charge in [-0.3, -0.25) is 24.5 Å². The third-order valence-electron chi connectivity index (χ3n) is 3.22. The SMILES string of the molecule is CC(=O)NCc1cc([N+](=O)[O-])cc2c1NC(CC(=O)O)C(=O)N2. The van der Waals surface area contributed by atoms with Crippen LogP contribution in [0.25, 0.3) is 0 Å². The lowest BCUT2D eigenvalue weighted by molar-refractivity contribution is -0.384. The van der Waals surface area contributed by atoms with E-state index in [2.05, 4.69) is 16.0 Å². The minimum Gasteiger partial charge on any atom is -0.481 e. The van der Waals surface area contributed by atoms with Gasteiger partial charge < -0.3 is 21.1 Å². The molecule has 10 heteroatoms. The summed E-state index contributed by atoms with van der Waals surface area (Å²) in [4.78, 5) is 44.1. The number of benzene rings is 1. The van der Waals surface area contributed by atoms with Gasteiger partial charge in [-0.25, -0.2) is 0 Å². The molecule has 0 saturated heterocycles. The molecule has 1 aromatic rings. The monoisotopic (exact) mass is 322 g/mol. The van der Waals surface area contributed by atoms with Gasteiger partial charge in [-0.2, -0.15) is 0 Å². The van der Waals surface area contributed by atoms with Crippen LogP contribution >= 0.6 is 0 Å². The molecule has 4 N–H and O–H groups in total. The second-order valence-electron chi connectivity index (χ2n) is 4.98. The average molecular weight is 322 g/mol. The molecule has 1 heterocycles. The summed E-state index contributed by atoms with van der Waals surface area (Å²) in [7, 11) is 0. The van der Waals surface area contributed by atoms with Gasteiger partial charge in [0.05, 0.1) is 22.7 Å². The van der Waals surface area contributed by atoms with E-state index in [0.717, 1.165) is 0 Å². The first-order valence-corrected chi connectivity index (χ1v) is 6.63. The lowest BCUT2D eigenvalue weighted by Crippen LogP contribution is -2.41. The predicted molar refractivity (Wildman–Crippen MR) is 78.9 cm³/mol. The fourth-order valence-electron chi connectivity index (χ4n) is 2.20. The summed E-state index contributed by atoms with van der Waals surface area (Å²) in [5, 5.41) is 27.5. The molecule has 10 nitrogen and oxygen atoms in total. The summed E-state index contributed by atoms with van der Waals surface area (Å²) >= 11 is 0. The number of nitro groups is 1. The van der Waals surface area contributed by atoms with E-state index in [1.165, 1.54) is 19.1 Å². The number of hydrogen-bond acceptors (Lipinski definition) is 6. The van der Waals surface area contributed by atoms with E-state index in [1.807, 2.05) is 0 Å². The second kappa shape index (κ2) is 6.30. The summed E-state index contributed by atoms with van der Waals surface area (Å²) < 4.78 is 0. The van der Waals surface area contributed by atoms with Crippen LogP contribution in [0.1, 0.15) is 18.9 Å². The maximum absolute atomic E-state index is 11.9. The van der Waals surface area contributed by atoms with Gasteiger partial charge in [0.2, 0.25) is 11.8 Å². The van der Waals surface area contributed by atoms with Crippen LogP contribution in [0.15, 0.2) is 12.1 Å². The Labute approximate surface area is 130 Å². The first-order chi connectivity index (χ1) is 10.8. The van der Waals surface area contributed by atoms with Crippen molar-refractivity contribution in [3.05, 3.63) is 27.8 Å². The van der Waals surface area contributed by atoms with Crippen molar-refractivity contribution < 1.29 is 24.4 Å². The molecule has 1 atom stereocenters. The Morgan fingerprint density at radius 2 is 2.13 bits per heavy atom. The van der Waals surface area contributed by atoms with Crippen LogP contribution in [0.5, 0.6) is 0 Å². The number of carbonyl (C=O) groups is 3. The number of anilines is 2. The van der Waals surface area contributed by atoms with Crippen LogP contribution in [0.4, 0.5) is 17.1 Å². The predicted octanol–water partition coefficient (Wildman–Crippen LogP) is 0.438. The minimum atomic E-state index is -1.16. The van der Waals surface area contributed by atoms with Crippen molar-refractivity contribution in [1.29, 1.82) is 0 Å². The smallest absolute Gasteiger partial charge is 0.305 e. The highest BCUT2D eigenvalue weighted by Crippen LogP contribution is 2.35. The number of nitrogens with one attached hydrogen (secondary N) is 3. The Balaban J connectivity index is 2.41. The van der Waals surface area contributed by atoms with Crippen molar-refractivity contribution in [2.75, 3.05) is 10.6 Å². The molecule has 0 radical (unpaired) electrons. The van der Waals surface area contributed by atoms with Gasteiger partial charge in [-0.15, -0.1) is 0 Å². The van der Waals surface area contributed by atoms with Crippen molar-refractivity contribution in [1.82, 2.24) is 5.32 Å². The number of non-ortho nitro benzene ring substituents is 1. The number of amides is 2. The van der Waals surface area contributed by atoms with Crippen molar-refractivity contribution in [2.45, 2.75) is 25.9 Å². The average Bonchev–Trinajstić information content (AvgIpc) is 2.44. The molecule has 1 aliphatic heterocycles. The first-order valence-electron chi connectivity index (χ1n) is 6.63. The topological polar surface area (TPSA) is 151 Å². The Kier molecular flexibility index (Phi) is 4.44. The molecular weight excluding hydrogens is 308 g/mol. The Morgan fingerprint density at radius 3 is 2.70 bits per heavy atom. The summed E-state index contributed by atoms with van der Waals surface area (Å²) in [6, 6.07) is 1.43. The maximum Gasteiger partial charge on any atom is 0.305 e. The normalized spacial score (nSPS) is 15.9. The van der Waals surface area contributed by atoms with Crippen LogP contribution in [-0.2, 0) is 20.9 Å².